The van der Waals surface area contributed by atoms with Crippen molar-refractivity contribution in [2.24, 2.45) is 0 Å². The first kappa shape index (κ1) is 14.4. The lowest BCUT2D eigenvalue weighted by molar-refractivity contribution is -0.152. The number of esters is 1. The summed E-state index contributed by atoms with van der Waals surface area (Å²) < 4.78 is 10.0. The van der Waals surface area contributed by atoms with E-state index in [4.69, 9.17) is 15.6 Å². The largest absolute Gasteiger partial charge is 0.465 e. The Bertz CT molecular complexity index is 641. The summed E-state index contributed by atoms with van der Waals surface area (Å²) in [4.78, 5) is 23.4. The van der Waals surface area contributed by atoms with Gasteiger partial charge in [0, 0.05) is 12.5 Å². The molecule has 0 radical (unpaired) electrons. The summed E-state index contributed by atoms with van der Waals surface area (Å²) >= 11 is 0. The number of furan rings is 1. The highest BCUT2D eigenvalue weighted by molar-refractivity contribution is 5.91. The van der Waals surface area contributed by atoms with E-state index in [0.29, 0.717) is 6.54 Å². The van der Waals surface area contributed by atoms with E-state index in [1.807, 2.05) is 30.3 Å². The molecule has 5 heteroatoms. The van der Waals surface area contributed by atoms with Crippen LogP contribution in [0.4, 0.5) is 0 Å². The molecule has 2 aromatic rings. The van der Waals surface area contributed by atoms with Gasteiger partial charge in [-0.25, -0.2) is 4.79 Å². The normalized spacial score (nSPS) is 11.2. The van der Waals surface area contributed by atoms with Crippen LogP contribution >= 0.6 is 0 Å². The minimum atomic E-state index is -1.20. The van der Waals surface area contributed by atoms with Gasteiger partial charge >= 0.3 is 5.97 Å². The van der Waals surface area contributed by atoms with Gasteiger partial charge in [-0.05, 0) is 17.7 Å². The highest BCUT2D eigenvalue weighted by Crippen LogP contribution is 2.18. The van der Waals surface area contributed by atoms with E-state index in [9.17, 15) is 9.59 Å². The van der Waals surface area contributed by atoms with Crippen LogP contribution in [0.3, 0.4) is 0 Å². The molecule has 1 N–H and O–H groups in total. The van der Waals surface area contributed by atoms with Gasteiger partial charge in [0.25, 0.3) is 5.91 Å². The van der Waals surface area contributed by atoms with E-state index in [-0.39, 0.29) is 5.76 Å². The lowest BCUT2D eigenvalue weighted by atomic mass is 10.2. The standard InChI is InChI=1S/C16H13NO4/c1-2-14(18)21-15(13-9-6-10-20-13)16(19)17-11-12-7-4-3-5-8-12/h1,3-10,15H,11H2,(H,17,19). The first-order valence-electron chi connectivity index (χ1n) is 6.23. The Morgan fingerprint density at radius 1 is 1.24 bits per heavy atom. The van der Waals surface area contributed by atoms with Crippen LogP contribution in [0.5, 0.6) is 0 Å². The number of hydrogen-bond acceptors (Lipinski definition) is 4. The molecule has 106 valence electrons. The third-order valence-corrected chi connectivity index (χ3v) is 2.69. The zero-order valence-electron chi connectivity index (χ0n) is 11.1. The van der Waals surface area contributed by atoms with Crippen molar-refractivity contribution in [1.29, 1.82) is 0 Å². The Morgan fingerprint density at radius 3 is 2.62 bits per heavy atom. The molecule has 0 saturated carbocycles. The summed E-state index contributed by atoms with van der Waals surface area (Å²) in [5.74, 6) is 0.588. The molecule has 2 rings (SSSR count). The molecule has 0 saturated heterocycles. The molecule has 0 bridgehead atoms. The van der Waals surface area contributed by atoms with Crippen molar-refractivity contribution in [2.75, 3.05) is 0 Å². The zero-order chi connectivity index (χ0) is 15.1. The van der Waals surface area contributed by atoms with Crippen LogP contribution in [-0.2, 0) is 20.9 Å². The van der Waals surface area contributed by atoms with E-state index < -0.39 is 18.0 Å². The van der Waals surface area contributed by atoms with Gasteiger partial charge in [-0.15, -0.1) is 6.42 Å². The molecule has 5 nitrogen and oxygen atoms in total. The Balaban J connectivity index is 2.04. The fraction of sp³-hybridized carbons (Fsp3) is 0.125. The summed E-state index contributed by atoms with van der Waals surface area (Å²) in [6, 6.07) is 12.5. The van der Waals surface area contributed by atoms with Crippen molar-refractivity contribution in [3.63, 3.8) is 0 Å². The Hall–Kier alpha value is -3.00. The molecule has 1 aromatic carbocycles. The molecule has 1 heterocycles. The van der Waals surface area contributed by atoms with Crippen molar-refractivity contribution >= 4 is 11.9 Å². The second-order valence-corrected chi connectivity index (χ2v) is 4.15. The number of nitrogens with one attached hydrogen (secondary N) is 1. The van der Waals surface area contributed by atoms with E-state index in [1.54, 1.807) is 12.0 Å². The molecule has 0 aliphatic rings. The third kappa shape index (κ3) is 3.98. The lowest BCUT2D eigenvalue weighted by Gasteiger charge is -2.14. The molecular weight excluding hydrogens is 270 g/mol. The fourth-order valence-electron chi connectivity index (χ4n) is 1.70. The SMILES string of the molecule is C#CC(=O)OC(C(=O)NCc1ccccc1)c1ccco1. The maximum atomic E-state index is 12.1. The quantitative estimate of drug-likeness (QED) is 0.516. The molecule has 0 aliphatic heterocycles. The molecule has 0 spiro atoms. The van der Waals surface area contributed by atoms with Crippen molar-refractivity contribution in [1.82, 2.24) is 5.32 Å². The number of terminal acetylenes is 1. The number of hydrogen-bond donors (Lipinski definition) is 1. The van der Waals surface area contributed by atoms with Crippen molar-refractivity contribution < 1.29 is 18.7 Å². The Morgan fingerprint density at radius 2 is 2.00 bits per heavy atom. The summed E-state index contributed by atoms with van der Waals surface area (Å²) in [5.41, 5.74) is 0.923. The van der Waals surface area contributed by atoms with Gasteiger partial charge < -0.3 is 14.5 Å². The van der Waals surface area contributed by atoms with Crippen LogP contribution in [-0.4, -0.2) is 11.9 Å². The molecule has 1 aromatic heterocycles. The highest BCUT2D eigenvalue weighted by Gasteiger charge is 2.26. The van der Waals surface area contributed by atoms with Gasteiger partial charge in [0.1, 0.15) is 0 Å². The number of carbonyl (C=O) groups is 2. The lowest BCUT2D eigenvalue weighted by Crippen LogP contribution is -2.31. The number of amides is 1. The molecular formula is C16H13NO4. The van der Waals surface area contributed by atoms with E-state index in [0.717, 1.165) is 5.56 Å². The van der Waals surface area contributed by atoms with Crippen LogP contribution in [0.15, 0.2) is 53.1 Å². The van der Waals surface area contributed by atoms with Crippen LogP contribution in [0, 0.1) is 12.3 Å². The average Bonchev–Trinajstić information content (AvgIpc) is 3.05. The topological polar surface area (TPSA) is 68.5 Å². The van der Waals surface area contributed by atoms with Crippen LogP contribution in [0.1, 0.15) is 17.4 Å². The molecule has 0 fully saturated rings. The van der Waals surface area contributed by atoms with Gasteiger partial charge in [0.05, 0.1) is 6.26 Å². The summed E-state index contributed by atoms with van der Waals surface area (Å²) in [7, 11) is 0. The first-order chi connectivity index (χ1) is 10.2. The van der Waals surface area contributed by atoms with Crippen LogP contribution in [0.2, 0.25) is 0 Å². The van der Waals surface area contributed by atoms with Crippen molar-refractivity contribution in [2.45, 2.75) is 12.6 Å². The second-order valence-electron chi connectivity index (χ2n) is 4.15. The molecule has 1 amide bonds. The third-order valence-electron chi connectivity index (χ3n) is 2.69. The smallest absolute Gasteiger partial charge is 0.385 e. The van der Waals surface area contributed by atoms with E-state index in [1.165, 1.54) is 12.3 Å². The van der Waals surface area contributed by atoms with Crippen molar-refractivity contribution in [3.05, 3.63) is 60.1 Å². The van der Waals surface area contributed by atoms with Gasteiger partial charge in [-0.3, -0.25) is 4.79 Å². The van der Waals surface area contributed by atoms with Crippen molar-refractivity contribution in [3.8, 4) is 12.3 Å². The minimum Gasteiger partial charge on any atom is -0.465 e. The van der Waals surface area contributed by atoms with Gasteiger partial charge in [0.2, 0.25) is 6.10 Å². The monoisotopic (exact) mass is 283 g/mol. The molecule has 1 atom stereocenters. The maximum absolute atomic E-state index is 12.1. The van der Waals surface area contributed by atoms with Gasteiger partial charge in [-0.2, -0.15) is 0 Å². The maximum Gasteiger partial charge on any atom is 0.385 e. The number of rotatable bonds is 5. The van der Waals surface area contributed by atoms with Crippen LogP contribution in [0.25, 0.3) is 0 Å². The predicted octanol–water partition coefficient (Wildman–Crippen LogP) is 1.81. The van der Waals surface area contributed by atoms with Crippen LogP contribution < -0.4 is 5.32 Å². The molecule has 21 heavy (non-hydrogen) atoms. The number of ether oxygens (including phenoxy) is 1. The van der Waals surface area contributed by atoms with Gasteiger partial charge in [0.15, 0.2) is 5.76 Å². The second kappa shape index (κ2) is 6.96. The van der Waals surface area contributed by atoms with Gasteiger partial charge in [-0.1, -0.05) is 30.3 Å². The minimum absolute atomic E-state index is 0.212. The molecule has 1 unspecified atom stereocenters. The summed E-state index contributed by atoms with van der Waals surface area (Å²) in [6.07, 6.45) is 5.14. The Kier molecular flexibility index (Phi) is 4.78. The first-order valence-corrected chi connectivity index (χ1v) is 6.23. The highest BCUT2D eigenvalue weighted by atomic mass is 16.6. The fourth-order valence-corrected chi connectivity index (χ4v) is 1.70. The summed E-state index contributed by atoms with van der Waals surface area (Å²) in [6.45, 7) is 0.310. The average molecular weight is 283 g/mol. The van der Waals surface area contributed by atoms with E-state index >= 15 is 0 Å². The van der Waals surface area contributed by atoms with E-state index in [2.05, 4.69) is 5.32 Å². The number of carbonyl (C=O) groups excluding carboxylic acids is 2. The molecule has 0 aliphatic carbocycles. The Labute approximate surface area is 121 Å². The zero-order valence-corrected chi connectivity index (χ0v) is 11.1. The predicted molar refractivity (Wildman–Crippen MR) is 74.7 cm³/mol. The summed E-state index contributed by atoms with van der Waals surface area (Å²) in [5, 5.41) is 2.67. The number of benzene rings is 1.